The highest BCUT2D eigenvalue weighted by Gasteiger charge is 2.06. The number of nitrogens with zero attached hydrogens (tertiary/aromatic N) is 2. The van der Waals surface area contributed by atoms with Crippen molar-refractivity contribution >= 4 is 22.6 Å². The molecule has 0 aliphatic heterocycles. The summed E-state index contributed by atoms with van der Waals surface area (Å²) in [5.41, 5.74) is 3.43. The second-order valence-corrected chi connectivity index (χ2v) is 4.95. The van der Waals surface area contributed by atoms with Crippen molar-refractivity contribution in [1.29, 1.82) is 0 Å². The normalized spacial score (nSPS) is 10.3. The number of hydrogen-bond donors (Lipinski definition) is 1. The zero-order valence-electron chi connectivity index (χ0n) is 12.0. The summed E-state index contributed by atoms with van der Waals surface area (Å²) in [4.78, 5) is 16.4. The Hall–Kier alpha value is -3.06. The van der Waals surface area contributed by atoms with Gasteiger partial charge in [-0.25, -0.2) is 4.98 Å². The van der Waals surface area contributed by atoms with Crippen molar-refractivity contribution in [2.24, 2.45) is 0 Å². The summed E-state index contributed by atoms with van der Waals surface area (Å²) in [6.07, 6.45) is 7.49. The molecule has 3 aromatic rings. The van der Waals surface area contributed by atoms with Crippen LogP contribution in [0.2, 0.25) is 0 Å². The van der Waals surface area contributed by atoms with Crippen molar-refractivity contribution in [2.75, 3.05) is 5.32 Å². The van der Waals surface area contributed by atoms with E-state index in [9.17, 15) is 4.79 Å². The van der Waals surface area contributed by atoms with Crippen LogP contribution in [0.4, 0.5) is 5.69 Å². The Kier molecular flexibility index (Phi) is 3.88. The van der Waals surface area contributed by atoms with E-state index in [1.165, 1.54) is 0 Å². The van der Waals surface area contributed by atoms with E-state index in [1.807, 2.05) is 47.0 Å². The first-order valence-electron chi connectivity index (χ1n) is 7.02. The summed E-state index contributed by atoms with van der Waals surface area (Å²) in [7, 11) is 0. The topological polar surface area (TPSA) is 46.9 Å². The van der Waals surface area contributed by atoms with Gasteiger partial charge in [0.2, 0.25) is 5.91 Å². The number of aryl methyl sites for hydroxylation is 1. The molecular weight excluding hydrogens is 274 g/mol. The minimum Gasteiger partial charge on any atom is -0.330 e. The average molecular weight is 289 g/mol. The Morgan fingerprint density at radius 2 is 2.09 bits per heavy atom. The number of rotatable bonds is 4. The first-order chi connectivity index (χ1) is 10.8. The molecule has 0 aliphatic rings. The first-order valence-corrected chi connectivity index (χ1v) is 7.02. The molecule has 1 aromatic heterocycles. The molecule has 4 nitrogen and oxygen atoms in total. The van der Waals surface area contributed by atoms with E-state index >= 15 is 0 Å². The van der Waals surface area contributed by atoms with Gasteiger partial charge in [0.1, 0.15) is 0 Å². The van der Waals surface area contributed by atoms with Crippen LogP contribution >= 0.6 is 0 Å². The lowest BCUT2D eigenvalue weighted by molar-refractivity contribution is -0.116. The van der Waals surface area contributed by atoms with Gasteiger partial charge in [-0.05, 0) is 30.3 Å². The van der Waals surface area contributed by atoms with E-state index in [2.05, 4.69) is 16.2 Å². The Morgan fingerprint density at radius 3 is 2.95 bits per heavy atom. The maximum Gasteiger partial charge on any atom is 0.226 e. The standard InChI is InChI=1S/C18H15N3O/c1-2-14-6-5-7-15(12-14)20-18(22)10-11-21-13-19-16-8-3-4-9-17(16)21/h1,3-9,12-13H,10-11H2,(H,20,22). The summed E-state index contributed by atoms with van der Waals surface area (Å²) in [5.74, 6) is 2.50. The molecule has 0 spiro atoms. The fourth-order valence-electron chi connectivity index (χ4n) is 2.32. The van der Waals surface area contributed by atoms with E-state index in [0.717, 1.165) is 22.3 Å². The second kappa shape index (κ2) is 6.15. The monoisotopic (exact) mass is 289 g/mol. The van der Waals surface area contributed by atoms with E-state index in [-0.39, 0.29) is 5.91 Å². The zero-order valence-corrected chi connectivity index (χ0v) is 12.0. The number of amides is 1. The maximum atomic E-state index is 12.0. The number of carbonyl (C=O) groups is 1. The summed E-state index contributed by atoms with van der Waals surface area (Å²) in [6, 6.07) is 15.1. The predicted molar refractivity (Wildman–Crippen MR) is 87.4 cm³/mol. The molecule has 0 bridgehead atoms. The number of imidazole rings is 1. The fourth-order valence-corrected chi connectivity index (χ4v) is 2.32. The maximum absolute atomic E-state index is 12.0. The molecule has 22 heavy (non-hydrogen) atoms. The van der Waals surface area contributed by atoms with Gasteiger partial charge in [-0.2, -0.15) is 0 Å². The van der Waals surface area contributed by atoms with Crippen molar-refractivity contribution in [3.63, 3.8) is 0 Å². The first kappa shape index (κ1) is 13.9. The van der Waals surface area contributed by atoms with Crippen molar-refractivity contribution in [3.05, 3.63) is 60.4 Å². The molecule has 4 heteroatoms. The van der Waals surface area contributed by atoms with Crippen molar-refractivity contribution in [1.82, 2.24) is 9.55 Å². The molecule has 0 aliphatic carbocycles. The number of terminal acetylenes is 1. The number of para-hydroxylation sites is 2. The largest absolute Gasteiger partial charge is 0.330 e. The lowest BCUT2D eigenvalue weighted by Crippen LogP contribution is -2.14. The molecule has 1 N–H and O–H groups in total. The molecule has 1 amide bonds. The number of nitrogens with one attached hydrogen (secondary N) is 1. The van der Waals surface area contributed by atoms with Gasteiger partial charge in [0.25, 0.3) is 0 Å². The summed E-state index contributed by atoms with van der Waals surface area (Å²) in [5, 5.41) is 2.86. The van der Waals surface area contributed by atoms with Gasteiger partial charge < -0.3 is 9.88 Å². The molecule has 108 valence electrons. The molecule has 0 atom stereocenters. The SMILES string of the molecule is C#Cc1cccc(NC(=O)CCn2cnc3ccccc32)c1. The predicted octanol–water partition coefficient (Wildman–Crippen LogP) is 3.05. The highest BCUT2D eigenvalue weighted by molar-refractivity contribution is 5.91. The molecule has 3 rings (SSSR count). The van der Waals surface area contributed by atoms with E-state index in [1.54, 1.807) is 12.4 Å². The fraction of sp³-hybridized carbons (Fsp3) is 0.111. The van der Waals surface area contributed by atoms with Crippen LogP contribution in [0.1, 0.15) is 12.0 Å². The van der Waals surface area contributed by atoms with Crippen LogP contribution in [0.25, 0.3) is 11.0 Å². The van der Waals surface area contributed by atoms with E-state index in [4.69, 9.17) is 6.42 Å². The highest BCUT2D eigenvalue weighted by Crippen LogP contribution is 2.13. The zero-order chi connectivity index (χ0) is 15.4. The van der Waals surface area contributed by atoms with Gasteiger partial charge in [0.15, 0.2) is 0 Å². The van der Waals surface area contributed by atoms with Gasteiger partial charge in [0.05, 0.1) is 17.4 Å². The molecule has 0 fully saturated rings. The summed E-state index contributed by atoms with van der Waals surface area (Å²) < 4.78 is 1.98. The second-order valence-electron chi connectivity index (χ2n) is 4.95. The van der Waals surface area contributed by atoms with Crippen LogP contribution in [0.15, 0.2) is 54.9 Å². The molecule has 0 radical (unpaired) electrons. The van der Waals surface area contributed by atoms with Crippen molar-refractivity contribution in [2.45, 2.75) is 13.0 Å². The van der Waals surface area contributed by atoms with Crippen molar-refractivity contribution < 1.29 is 4.79 Å². The van der Waals surface area contributed by atoms with E-state index in [0.29, 0.717) is 13.0 Å². The number of anilines is 1. The van der Waals surface area contributed by atoms with Crippen LogP contribution < -0.4 is 5.32 Å². The molecule has 0 unspecified atom stereocenters. The minimum absolute atomic E-state index is 0.0491. The van der Waals surface area contributed by atoms with E-state index < -0.39 is 0 Å². The Bertz CT molecular complexity index is 858. The van der Waals surface area contributed by atoms with Gasteiger partial charge in [-0.3, -0.25) is 4.79 Å². The number of fused-ring (bicyclic) bond motifs is 1. The quantitative estimate of drug-likeness (QED) is 0.750. The number of hydrogen-bond acceptors (Lipinski definition) is 2. The average Bonchev–Trinajstić information content (AvgIpc) is 2.96. The molecule has 2 aromatic carbocycles. The Morgan fingerprint density at radius 1 is 1.23 bits per heavy atom. The highest BCUT2D eigenvalue weighted by atomic mass is 16.1. The smallest absolute Gasteiger partial charge is 0.226 e. The van der Waals surface area contributed by atoms with Gasteiger partial charge in [0, 0.05) is 24.2 Å². The Balaban J connectivity index is 1.64. The van der Waals surface area contributed by atoms with Gasteiger partial charge in [-0.15, -0.1) is 6.42 Å². The number of aromatic nitrogens is 2. The number of benzene rings is 2. The lowest BCUT2D eigenvalue weighted by atomic mass is 10.2. The Labute approximate surface area is 128 Å². The minimum atomic E-state index is -0.0491. The van der Waals surface area contributed by atoms with Gasteiger partial charge >= 0.3 is 0 Å². The third-order valence-electron chi connectivity index (χ3n) is 3.42. The van der Waals surface area contributed by atoms with Gasteiger partial charge in [-0.1, -0.05) is 24.1 Å². The van der Waals surface area contributed by atoms with Crippen LogP contribution in [0.5, 0.6) is 0 Å². The molecular formula is C18H15N3O. The molecule has 1 heterocycles. The third-order valence-corrected chi connectivity index (χ3v) is 3.42. The number of carbonyl (C=O) groups excluding carboxylic acids is 1. The summed E-state index contributed by atoms with van der Waals surface area (Å²) in [6.45, 7) is 0.585. The van der Waals surface area contributed by atoms with Crippen LogP contribution in [-0.4, -0.2) is 15.5 Å². The van der Waals surface area contributed by atoms with Crippen LogP contribution in [0.3, 0.4) is 0 Å². The third kappa shape index (κ3) is 2.99. The van der Waals surface area contributed by atoms with Crippen LogP contribution in [-0.2, 0) is 11.3 Å². The molecule has 0 saturated carbocycles. The lowest BCUT2D eigenvalue weighted by Gasteiger charge is -2.07. The molecule has 0 saturated heterocycles. The van der Waals surface area contributed by atoms with Crippen LogP contribution in [0, 0.1) is 12.3 Å². The van der Waals surface area contributed by atoms with Crippen molar-refractivity contribution in [3.8, 4) is 12.3 Å². The summed E-state index contributed by atoms with van der Waals surface area (Å²) >= 11 is 0.